The van der Waals surface area contributed by atoms with Gasteiger partial charge in [0.2, 0.25) is 0 Å². The molecule has 0 N–H and O–H groups in total. The number of hydrogen-bond acceptors (Lipinski definition) is 2. The van der Waals surface area contributed by atoms with Gasteiger partial charge in [0.05, 0.1) is 23.1 Å². The van der Waals surface area contributed by atoms with Crippen LogP contribution in [0.25, 0.3) is 0 Å². The van der Waals surface area contributed by atoms with Crippen LogP contribution >= 0.6 is 27.5 Å². The largest absolute Gasteiger partial charge is 0.266 e. The Morgan fingerprint density at radius 1 is 1.64 bits per heavy atom. The Hall–Kier alpha value is -0.730. The lowest BCUT2D eigenvalue weighted by Gasteiger charge is -2.08. The zero-order valence-electron chi connectivity index (χ0n) is 6.77. The highest BCUT2D eigenvalue weighted by molar-refractivity contribution is 9.10. The Balaban J connectivity index is 3.35. The van der Waals surface area contributed by atoms with Gasteiger partial charge in [0.25, 0.3) is 6.43 Å². The van der Waals surface area contributed by atoms with E-state index in [-0.39, 0.29) is 27.2 Å². The number of pyridine rings is 1. The number of nitrogens with zero attached hydrogens (tertiary/aromatic N) is 2. The number of hydrogen-bond donors (Lipinski definition) is 0. The van der Waals surface area contributed by atoms with Crippen LogP contribution in [0.3, 0.4) is 0 Å². The van der Waals surface area contributed by atoms with Crippen LogP contribution in [0.5, 0.6) is 0 Å². The van der Waals surface area contributed by atoms with Gasteiger partial charge in [0.15, 0.2) is 0 Å². The van der Waals surface area contributed by atoms with Crippen molar-refractivity contribution < 1.29 is 8.78 Å². The molecule has 2 nitrogen and oxygen atoms in total. The number of alkyl halides is 2. The molecule has 74 valence electrons. The van der Waals surface area contributed by atoms with Crippen LogP contribution in [0, 0.1) is 11.3 Å². The highest BCUT2D eigenvalue weighted by Gasteiger charge is 2.20. The normalized spacial score (nSPS) is 10.3. The van der Waals surface area contributed by atoms with Crippen molar-refractivity contribution >= 4 is 27.5 Å². The van der Waals surface area contributed by atoms with Crippen LogP contribution in [0.1, 0.15) is 17.6 Å². The molecule has 1 heterocycles. The Morgan fingerprint density at radius 2 is 2.29 bits per heavy atom. The van der Waals surface area contributed by atoms with Crippen LogP contribution in [-0.2, 0) is 6.42 Å². The quantitative estimate of drug-likeness (QED) is 0.778. The minimum Gasteiger partial charge on any atom is -0.247 e. The molecule has 0 saturated carbocycles. The molecule has 0 bridgehead atoms. The number of aromatic nitrogens is 1. The van der Waals surface area contributed by atoms with Crippen molar-refractivity contribution in [3.05, 3.63) is 26.9 Å². The molecule has 1 aromatic heterocycles. The number of halogens is 4. The molecule has 1 aromatic rings. The molecule has 0 unspecified atom stereocenters. The average molecular weight is 281 g/mol. The van der Waals surface area contributed by atoms with E-state index >= 15 is 0 Å². The van der Waals surface area contributed by atoms with Crippen molar-refractivity contribution in [1.82, 2.24) is 4.98 Å². The molecule has 0 aliphatic carbocycles. The summed E-state index contributed by atoms with van der Waals surface area (Å²) in [4.78, 5) is 3.64. The van der Waals surface area contributed by atoms with E-state index < -0.39 is 6.43 Å². The Labute approximate surface area is 92.6 Å². The van der Waals surface area contributed by atoms with Crippen LogP contribution < -0.4 is 0 Å². The van der Waals surface area contributed by atoms with Gasteiger partial charge in [-0.25, -0.2) is 13.8 Å². The topological polar surface area (TPSA) is 36.7 Å². The molecule has 0 aromatic carbocycles. The lowest BCUT2D eigenvalue weighted by Crippen LogP contribution is -1.98. The fraction of sp³-hybridized carbons (Fsp3) is 0.250. The lowest BCUT2D eigenvalue weighted by molar-refractivity contribution is 0.149. The van der Waals surface area contributed by atoms with E-state index in [0.717, 1.165) is 0 Å². The predicted molar refractivity (Wildman–Crippen MR) is 51.2 cm³/mol. The minimum absolute atomic E-state index is 0.0298. The summed E-state index contributed by atoms with van der Waals surface area (Å²) in [5.74, 6) is 0. The SMILES string of the molecule is N#CCc1c(Cl)cnc(Br)c1C(F)F. The number of rotatable bonds is 2. The average Bonchev–Trinajstić information content (AvgIpc) is 2.11. The second kappa shape index (κ2) is 4.67. The summed E-state index contributed by atoms with van der Waals surface area (Å²) in [6.45, 7) is 0. The molecule has 0 saturated heterocycles. The molecule has 0 aliphatic heterocycles. The van der Waals surface area contributed by atoms with Gasteiger partial charge in [-0.3, -0.25) is 0 Å². The van der Waals surface area contributed by atoms with Crippen molar-refractivity contribution in [2.75, 3.05) is 0 Å². The monoisotopic (exact) mass is 280 g/mol. The first-order chi connectivity index (χ1) is 6.57. The molecule has 14 heavy (non-hydrogen) atoms. The summed E-state index contributed by atoms with van der Waals surface area (Å²) in [7, 11) is 0. The van der Waals surface area contributed by atoms with Gasteiger partial charge in [-0.1, -0.05) is 11.6 Å². The smallest absolute Gasteiger partial charge is 0.247 e. The Kier molecular flexibility index (Phi) is 3.78. The predicted octanol–water partition coefficient (Wildman–Crippen LogP) is 3.50. The summed E-state index contributed by atoms with van der Waals surface area (Å²) >= 11 is 8.55. The molecule has 0 aliphatic rings. The summed E-state index contributed by atoms with van der Waals surface area (Å²) in [5.41, 5.74) is -0.176. The van der Waals surface area contributed by atoms with Gasteiger partial charge in [-0.15, -0.1) is 0 Å². The van der Waals surface area contributed by atoms with Gasteiger partial charge in [0.1, 0.15) is 4.60 Å². The van der Waals surface area contributed by atoms with E-state index in [1.165, 1.54) is 6.20 Å². The van der Waals surface area contributed by atoms with E-state index in [0.29, 0.717) is 0 Å². The molecule has 1 rings (SSSR count). The second-order valence-electron chi connectivity index (χ2n) is 2.42. The van der Waals surface area contributed by atoms with E-state index in [1.807, 2.05) is 0 Å². The standard InChI is InChI=1S/C8H4BrClF2N2/c9-7-6(8(11)12)4(1-2-13)5(10)3-14-7/h3,8H,1H2. The maximum absolute atomic E-state index is 12.6. The van der Waals surface area contributed by atoms with Crippen molar-refractivity contribution in [1.29, 1.82) is 5.26 Å². The fourth-order valence-electron chi connectivity index (χ4n) is 0.994. The van der Waals surface area contributed by atoms with E-state index in [9.17, 15) is 8.78 Å². The third-order valence-electron chi connectivity index (χ3n) is 1.60. The van der Waals surface area contributed by atoms with Gasteiger partial charge < -0.3 is 0 Å². The molecule has 6 heteroatoms. The summed E-state index contributed by atoms with van der Waals surface area (Å²) in [6.07, 6.45) is -1.61. The third kappa shape index (κ3) is 2.20. The van der Waals surface area contributed by atoms with E-state index in [2.05, 4.69) is 20.9 Å². The lowest BCUT2D eigenvalue weighted by atomic mass is 10.1. The molecule has 0 radical (unpaired) electrons. The maximum atomic E-state index is 12.6. The molecule has 0 fully saturated rings. The van der Waals surface area contributed by atoms with Gasteiger partial charge in [-0.05, 0) is 21.5 Å². The van der Waals surface area contributed by atoms with Gasteiger partial charge in [0, 0.05) is 6.20 Å². The zero-order valence-corrected chi connectivity index (χ0v) is 9.11. The Bertz CT molecular complexity index is 390. The highest BCUT2D eigenvalue weighted by atomic mass is 79.9. The minimum atomic E-state index is -2.70. The first-order valence-electron chi connectivity index (χ1n) is 3.55. The molecule has 0 atom stereocenters. The molecular formula is C8H4BrClF2N2. The summed E-state index contributed by atoms with van der Waals surface area (Å²) in [6, 6.07) is 1.78. The molecule has 0 spiro atoms. The van der Waals surface area contributed by atoms with Crippen molar-refractivity contribution in [3.8, 4) is 6.07 Å². The molecule has 0 amide bonds. The summed E-state index contributed by atoms with van der Waals surface area (Å²) < 4.78 is 25.1. The van der Waals surface area contributed by atoms with Crippen LogP contribution in [-0.4, -0.2) is 4.98 Å². The van der Waals surface area contributed by atoms with Crippen molar-refractivity contribution in [2.45, 2.75) is 12.8 Å². The number of nitriles is 1. The maximum Gasteiger partial charge on any atom is 0.266 e. The van der Waals surface area contributed by atoms with Crippen molar-refractivity contribution in [2.24, 2.45) is 0 Å². The summed E-state index contributed by atoms with van der Waals surface area (Å²) in [5, 5.41) is 8.54. The van der Waals surface area contributed by atoms with Crippen molar-refractivity contribution in [3.63, 3.8) is 0 Å². The van der Waals surface area contributed by atoms with Crippen LogP contribution in [0.15, 0.2) is 10.8 Å². The zero-order chi connectivity index (χ0) is 10.7. The van der Waals surface area contributed by atoms with Crippen LogP contribution in [0.2, 0.25) is 5.02 Å². The molecular weight excluding hydrogens is 277 g/mol. The highest BCUT2D eigenvalue weighted by Crippen LogP contribution is 2.33. The third-order valence-corrected chi connectivity index (χ3v) is 2.56. The Morgan fingerprint density at radius 3 is 2.79 bits per heavy atom. The van der Waals surface area contributed by atoms with E-state index in [4.69, 9.17) is 16.9 Å². The second-order valence-corrected chi connectivity index (χ2v) is 3.58. The van der Waals surface area contributed by atoms with E-state index in [1.54, 1.807) is 6.07 Å². The van der Waals surface area contributed by atoms with Gasteiger partial charge >= 0.3 is 0 Å². The van der Waals surface area contributed by atoms with Crippen LogP contribution in [0.4, 0.5) is 8.78 Å². The first-order valence-corrected chi connectivity index (χ1v) is 4.73. The van der Waals surface area contributed by atoms with Gasteiger partial charge in [-0.2, -0.15) is 5.26 Å². The fourth-order valence-corrected chi connectivity index (χ4v) is 1.73. The first kappa shape index (κ1) is 11.3.